The van der Waals surface area contributed by atoms with Crippen LogP contribution in [0.25, 0.3) is 0 Å². The Balaban J connectivity index is 2.05. The molecule has 1 N–H and O–H groups in total. The molecule has 1 aliphatic rings. The van der Waals surface area contributed by atoms with Crippen molar-refractivity contribution < 1.29 is 4.39 Å². The van der Waals surface area contributed by atoms with Gasteiger partial charge in [-0.05, 0) is 24.0 Å². The summed E-state index contributed by atoms with van der Waals surface area (Å²) in [7, 11) is 0. The van der Waals surface area contributed by atoms with Gasteiger partial charge in [0, 0.05) is 37.9 Å². The number of hydrogen-bond acceptors (Lipinski definition) is 3. The molecule has 1 aromatic rings. The number of halogens is 1. The van der Waals surface area contributed by atoms with Crippen LogP contribution in [0.15, 0.2) is 18.5 Å². The highest BCUT2D eigenvalue weighted by Gasteiger charge is 2.29. The number of nitrogens with zero attached hydrogens (tertiary/aromatic N) is 2. The lowest BCUT2D eigenvalue weighted by molar-refractivity contribution is 0.0991. The van der Waals surface area contributed by atoms with E-state index < -0.39 is 0 Å². The summed E-state index contributed by atoms with van der Waals surface area (Å²) in [4.78, 5) is 6.43. The normalized spacial score (nSPS) is 25.6. The van der Waals surface area contributed by atoms with Crippen molar-refractivity contribution in [2.24, 2.45) is 5.92 Å². The van der Waals surface area contributed by atoms with Crippen molar-refractivity contribution in [3.05, 3.63) is 29.8 Å². The van der Waals surface area contributed by atoms with E-state index in [1.54, 1.807) is 12.3 Å². The maximum Gasteiger partial charge on any atom is 0.141 e. The molecule has 4 heteroatoms. The van der Waals surface area contributed by atoms with E-state index in [1.807, 2.05) is 0 Å². The van der Waals surface area contributed by atoms with Crippen LogP contribution in [-0.2, 0) is 6.54 Å². The topological polar surface area (TPSA) is 28.2 Å². The van der Waals surface area contributed by atoms with E-state index in [1.165, 1.54) is 12.6 Å². The van der Waals surface area contributed by atoms with E-state index in [4.69, 9.17) is 0 Å². The van der Waals surface area contributed by atoms with E-state index in [-0.39, 0.29) is 5.82 Å². The predicted octanol–water partition coefficient (Wildman–Crippen LogP) is 2.82. The minimum absolute atomic E-state index is 0.246. The first-order chi connectivity index (χ1) is 9.63. The Hall–Kier alpha value is -1.00. The van der Waals surface area contributed by atoms with Crippen molar-refractivity contribution in [3.8, 4) is 0 Å². The van der Waals surface area contributed by atoms with Crippen molar-refractivity contribution in [3.63, 3.8) is 0 Å². The highest BCUT2D eigenvalue weighted by molar-refractivity contribution is 5.10. The number of aromatic nitrogens is 1. The van der Waals surface area contributed by atoms with Gasteiger partial charge in [-0.1, -0.05) is 27.2 Å². The molecule has 2 rings (SSSR count). The number of hydrogen-bond donors (Lipinski definition) is 1. The van der Waals surface area contributed by atoms with Gasteiger partial charge in [0.05, 0.1) is 6.20 Å². The van der Waals surface area contributed by atoms with Crippen molar-refractivity contribution in [1.29, 1.82) is 0 Å². The average Bonchev–Trinajstić information content (AvgIpc) is 2.46. The number of pyridine rings is 1. The molecular weight excluding hydrogens is 253 g/mol. The van der Waals surface area contributed by atoms with Gasteiger partial charge in [0.25, 0.3) is 0 Å². The van der Waals surface area contributed by atoms with Crippen LogP contribution in [0.2, 0.25) is 0 Å². The van der Waals surface area contributed by atoms with Gasteiger partial charge >= 0.3 is 0 Å². The molecule has 2 heterocycles. The fraction of sp³-hybridized carbons (Fsp3) is 0.688. The van der Waals surface area contributed by atoms with Crippen LogP contribution < -0.4 is 5.32 Å². The Morgan fingerprint density at radius 2 is 2.25 bits per heavy atom. The largest absolute Gasteiger partial charge is 0.311 e. The summed E-state index contributed by atoms with van der Waals surface area (Å²) in [5.41, 5.74) is 0.966. The van der Waals surface area contributed by atoms with E-state index in [2.05, 4.69) is 36.0 Å². The molecule has 0 saturated carbocycles. The molecule has 20 heavy (non-hydrogen) atoms. The summed E-state index contributed by atoms with van der Waals surface area (Å²) in [5.74, 6) is 0.421. The summed E-state index contributed by atoms with van der Waals surface area (Å²) in [6, 6.07) is 2.66. The molecule has 0 aliphatic carbocycles. The van der Waals surface area contributed by atoms with Gasteiger partial charge < -0.3 is 5.32 Å². The first kappa shape index (κ1) is 15.4. The fourth-order valence-electron chi connectivity index (χ4n) is 2.92. The minimum atomic E-state index is -0.246. The molecule has 1 aromatic heterocycles. The van der Waals surface area contributed by atoms with Crippen LogP contribution in [0.3, 0.4) is 0 Å². The SMILES string of the molecule is CCC(C)C1CN(Cc2cncc(F)c2)C(CC)CN1. The summed E-state index contributed by atoms with van der Waals surface area (Å²) in [6.07, 6.45) is 5.34. The lowest BCUT2D eigenvalue weighted by Crippen LogP contribution is -2.57. The van der Waals surface area contributed by atoms with Gasteiger partial charge in [-0.25, -0.2) is 4.39 Å². The van der Waals surface area contributed by atoms with Crippen LogP contribution in [0.4, 0.5) is 4.39 Å². The Kier molecular flexibility index (Phi) is 5.49. The zero-order valence-electron chi connectivity index (χ0n) is 12.8. The van der Waals surface area contributed by atoms with E-state index >= 15 is 0 Å². The van der Waals surface area contributed by atoms with E-state index in [0.717, 1.165) is 31.6 Å². The zero-order chi connectivity index (χ0) is 14.5. The van der Waals surface area contributed by atoms with Crippen LogP contribution >= 0.6 is 0 Å². The highest BCUT2D eigenvalue weighted by atomic mass is 19.1. The van der Waals surface area contributed by atoms with Gasteiger partial charge in [-0.2, -0.15) is 0 Å². The molecule has 0 radical (unpaired) electrons. The smallest absolute Gasteiger partial charge is 0.141 e. The molecule has 3 nitrogen and oxygen atoms in total. The summed E-state index contributed by atoms with van der Waals surface area (Å²) in [6.45, 7) is 9.59. The number of rotatable bonds is 5. The third-order valence-electron chi connectivity index (χ3n) is 4.51. The first-order valence-corrected chi connectivity index (χ1v) is 7.70. The quantitative estimate of drug-likeness (QED) is 0.898. The van der Waals surface area contributed by atoms with E-state index in [9.17, 15) is 4.39 Å². The third-order valence-corrected chi connectivity index (χ3v) is 4.51. The standard InChI is InChI=1S/C16H26FN3/c1-4-12(3)16-11-20(15(5-2)9-19-16)10-13-6-14(17)8-18-7-13/h6-8,12,15-16,19H,4-5,9-11H2,1-3H3. The van der Waals surface area contributed by atoms with Crippen LogP contribution in [0, 0.1) is 11.7 Å². The van der Waals surface area contributed by atoms with Gasteiger partial charge in [0.2, 0.25) is 0 Å². The average molecular weight is 279 g/mol. The van der Waals surface area contributed by atoms with Gasteiger partial charge in [-0.15, -0.1) is 0 Å². The molecule has 0 amide bonds. The molecule has 3 atom stereocenters. The van der Waals surface area contributed by atoms with Crippen molar-refractivity contribution in [1.82, 2.24) is 15.2 Å². The second-order valence-corrected chi connectivity index (χ2v) is 5.90. The highest BCUT2D eigenvalue weighted by Crippen LogP contribution is 2.19. The minimum Gasteiger partial charge on any atom is -0.311 e. The van der Waals surface area contributed by atoms with E-state index in [0.29, 0.717) is 18.0 Å². The Bertz CT molecular complexity index is 424. The summed E-state index contributed by atoms with van der Waals surface area (Å²) < 4.78 is 13.3. The maximum atomic E-state index is 13.3. The molecule has 1 aliphatic heterocycles. The van der Waals surface area contributed by atoms with Crippen molar-refractivity contribution in [2.45, 2.75) is 52.2 Å². The van der Waals surface area contributed by atoms with Crippen molar-refractivity contribution >= 4 is 0 Å². The van der Waals surface area contributed by atoms with Gasteiger partial charge in [-0.3, -0.25) is 9.88 Å². The van der Waals surface area contributed by atoms with Crippen molar-refractivity contribution in [2.75, 3.05) is 13.1 Å². The van der Waals surface area contributed by atoms with Crippen LogP contribution in [0.5, 0.6) is 0 Å². The lowest BCUT2D eigenvalue weighted by Gasteiger charge is -2.42. The van der Waals surface area contributed by atoms with Gasteiger partial charge in [0.1, 0.15) is 5.82 Å². The van der Waals surface area contributed by atoms with Gasteiger partial charge in [0.15, 0.2) is 0 Å². The fourth-order valence-corrected chi connectivity index (χ4v) is 2.92. The molecule has 0 spiro atoms. The monoisotopic (exact) mass is 279 g/mol. The second kappa shape index (κ2) is 7.14. The molecule has 1 saturated heterocycles. The third kappa shape index (κ3) is 3.76. The molecule has 0 bridgehead atoms. The molecule has 112 valence electrons. The Morgan fingerprint density at radius 1 is 1.45 bits per heavy atom. The first-order valence-electron chi connectivity index (χ1n) is 7.70. The number of nitrogens with one attached hydrogen (secondary N) is 1. The number of piperazine rings is 1. The van der Waals surface area contributed by atoms with Crippen LogP contribution in [0.1, 0.15) is 39.2 Å². The maximum absolute atomic E-state index is 13.3. The zero-order valence-corrected chi connectivity index (χ0v) is 12.8. The Labute approximate surface area is 121 Å². The lowest BCUT2D eigenvalue weighted by atomic mass is 9.94. The summed E-state index contributed by atoms with van der Waals surface area (Å²) in [5, 5.41) is 3.67. The molecular formula is C16H26FN3. The second-order valence-electron chi connectivity index (χ2n) is 5.90. The van der Waals surface area contributed by atoms with Crippen LogP contribution in [-0.4, -0.2) is 35.1 Å². The summed E-state index contributed by atoms with van der Waals surface area (Å²) >= 11 is 0. The molecule has 1 fully saturated rings. The Morgan fingerprint density at radius 3 is 2.90 bits per heavy atom. The molecule has 3 unspecified atom stereocenters. The molecule has 0 aromatic carbocycles. The predicted molar refractivity (Wildman–Crippen MR) is 79.9 cm³/mol.